The maximum Gasteiger partial charge on any atom is 0.0931 e. The van der Waals surface area contributed by atoms with Crippen molar-refractivity contribution in [2.45, 2.75) is 31.8 Å². The van der Waals surface area contributed by atoms with Crippen molar-refractivity contribution in [2.24, 2.45) is 5.92 Å². The smallest absolute Gasteiger partial charge is 0.0931 e. The zero-order valence-corrected chi connectivity index (χ0v) is 11.7. The van der Waals surface area contributed by atoms with Gasteiger partial charge in [0.15, 0.2) is 0 Å². The van der Waals surface area contributed by atoms with Crippen molar-refractivity contribution >= 4 is 22.9 Å². The molecule has 2 nitrogen and oxygen atoms in total. The highest BCUT2D eigenvalue weighted by Crippen LogP contribution is 2.30. The van der Waals surface area contributed by atoms with E-state index in [0.29, 0.717) is 12.1 Å². The van der Waals surface area contributed by atoms with Crippen LogP contribution in [0.1, 0.15) is 31.4 Å². The van der Waals surface area contributed by atoms with E-state index in [1.807, 2.05) is 0 Å². The highest BCUT2D eigenvalue weighted by atomic mass is 35.5. The molecule has 3 aliphatic rings. The van der Waals surface area contributed by atoms with E-state index in [2.05, 4.69) is 28.6 Å². The molecule has 0 aromatic carbocycles. The zero-order valence-electron chi connectivity index (χ0n) is 10.2. The van der Waals surface area contributed by atoms with Gasteiger partial charge in [-0.2, -0.15) is 0 Å². The third-order valence-electron chi connectivity index (χ3n) is 4.21. The van der Waals surface area contributed by atoms with Crippen molar-refractivity contribution in [2.75, 3.05) is 19.6 Å². The Morgan fingerprint density at radius 1 is 1.47 bits per heavy atom. The normalized spacial score (nSPS) is 33.9. The number of fused-ring (bicyclic) bond motifs is 3. The van der Waals surface area contributed by atoms with Crippen molar-refractivity contribution in [3.8, 4) is 0 Å². The van der Waals surface area contributed by atoms with Gasteiger partial charge in [0.25, 0.3) is 0 Å². The SMILES string of the molecule is CC(NC1CN2CCC1CC2)c1csc(Cl)c1. The van der Waals surface area contributed by atoms with Gasteiger partial charge in [0.05, 0.1) is 4.34 Å². The number of nitrogens with one attached hydrogen (secondary N) is 1. The molecule has 2 unspecified atom stereocenters. The molecule has 0 amide bonds. The average Bonchev–Trinajstić information content (AvgIpc) is 2.77. The Morgan fingerprint density at radius 3 is 2.76 bits per heavy atom. The average molecular weight is 271 g/mol. The maximum absolute atomic E-state index is 5.99. The number of hydrogen-bond acceptors (Lipinski definition) is 3. The van der Waals surface area contributed by atoms with Gasteiger partial charge >= 0.3 is 0 Å². The molecule has 3 fully saturated rings. The lowest BCUT2D eigenvalue weighted by atomic mass is 9.83. The van der Waals surface area contributed by atoms with E-state index in [9.17, 15) is 0 Å². The molecule has 3 saturated heterocycles. The van der Waals surface area contributed by atoms with E-state index >= 15 is 0 Å². The molecule has 4 heterocycles. The van der Waals surface area contributed by atoms with Gasteiger partial charge in [0.2, 0.25) is 0 Å². The molecule has 1 aromatic heterocycles. The van der Waals surface area contributed by atoms with E-state index in [0.717, 1.165) is 10.3 Å². The summed E-state index contributed by atoms with van der Waals surface area (Å²) in [4.78, 5) is 2.59. The van der Waals surface area contributed by atoms with Gasteiger partial charge in [-0.05, 0) is 55.8 Å². The van der Waals surface area contributed by atoms with Crippen molar-refractivity contribution < 1.29 is 0 Å². The lowest BCUT2D eigenvalue weighted by Gasteiger charge is -2.46. The number of halogens is 1. The summed E-state index contributed by atoms with van der Waals surface area (Å²) in [5.41, 5.74) is 1.33. The van der Waals surface area contributed by atoms with E-state index in [4.69, 9.17) is 11.6 Å². The van der Waals surface area contributed by atoms with Gasteiger partial charge in [-0.25, -0.2) is 0 Å². The second-order valence-corrected chi connectivity index (χ2v) is 6.86. The third-order valence-corrected chi connectivity index (χ3v) is 5.32. The van der Waals surface area contributed by atoms with Gasteiger partial charge in [0, 0.05) is 18.6 Å². The summed E-state index contributed by atoms with van der Waals surface area (Å²) >= 11 is 7.62. The van der Waals surface area contributed by atoms with Gasteiger partial charge < -0.3 is 10.2 Å². The molecule has 0 saturated carbocycles. The summed E-state index contributed by atoms with van der Waals surface area (Å²) in [5, 5.41) is 5.95. The van der Waals surface area contributed by atoms with Gasteiger partial charge in [-0.15, -0.1) is 11.3 Å². The van der Waals surface area contributed by atoms with Crippen molar-refractivity contribution in [3.05, 3.63) is 21.3 Å². The molecule has 4 rings (SSSR count). The molecule has 0 aliphatic carbocycles. The van der Waals surface area contributed by atoms with Crippen LogP contribution in [0, 0.1) is 5.92 Å². The lowest BCUT2D eigenvalue weighted by molar-refractivity contribution is 0.0680. The van der Waals surface area contributed by atoms with Crippen molar-refractivity contribution in [3.63, 3.8) is 0 Å². The maximum atomic E-state index is 5.99. The minimum atomic E-state index is 0.421. The van der Waals surface area contributed by atoms with Crippen LogP contribution in [0.25, 0.3) is 0 Å². The van der Waals surface area contributed by atoms with Crippen LogP contribution in [0.15, 0.2) is 11.4 Å². The summed E-state index contributed by atoms with van der Waals surface area (Å²) < 4.78 is 0.891. The van der Waals surface area contributed by atoms with Crippen LogP contribution in [-0.2, 0) is 0 Å². The minimum absolute atomic E-state index is 0.421. The van der Waals surface area contributed by atoms with Gasteiger partial charge in [-0.3, -0.25) is 0 Å². The molecule has 3 aliphatic heterocycles. The van der Waals surface area contributed by atoms with E-state index < -0.39 is 0 Å². The summed E-state index contributed by atoms with van der Waals surface area (Å²) in [6.07, 6.45) is 2.74. The second kappa shape index (κ2) is 4.88. The monoisotopic (exact) mass is 270 g/mol. The summed E-state index contributed by atoms with van der Waals surface area (Å²) in [6, 6.07) is 3.18. The second-order valence-electron chi connectivity index (χ2n) is 5.32. The van der Waals surface area contributed by atoms with E-state index in [-0.39, 0.29) is 0 Å². The molecule has 94 valence electrons. The molecule has 2 bridgehead atoms. The Hall–Kier alpha value is -0.0900. The van der Waals surface area contributed by atoms with Crippen molar-refractivity contribution in [1.82, 2.24) is 10.2 Å². The molecule has 17 heavy (non-hydrogen) atoms. The van der Waals surface area contributed by atoms with Crippen LogP contribution in [0.4, 0.5) is 0 Å². The predicted octanol–water partition coefficient (Wildman–Crippen LogP) is 3.15. The molecular weight excluding hydrogens is 252 g/mol. The minimum Gasteiger partial charge on any atom is -0.306 e. The largest absolute Gasteiger partial charge is 0.306 e. The van der Waals surface area contributed by atoms with E-state index in [1.165, 1.54) is 38.0 Å². The molecule has 0 radical (unpaired) electrons. The summed E-state index contributed by atoms with van der Waals surface area (Å²) in [7, 11) is 0. The Balaban J connectivity index is 1.63. The van der Waals surface area contributed by atoms with Crippen LogP contribution in [0.3, 0.4) is 0 Å². The van der Waals surface area contributed by atoms with Crippen LogP contribution >= 0.6 is 22.9 Å². The highest BCUT2D eigenvalue weighted by molar-refractivity contribution is 7.14. The first-order valence-corrected chi connectivity index (χ1v) is 7.70. The molecule has 0 spiro atoms. The van der Waals surface area contributed by atoms with Crippen molar-refractivity contribution in [1.29, 1.82) is 0 Å². The summed E-state index contributed by atoms with van der Waals surface area (Å²) in [6.45, 7) is 6.09. The fraction of sp³-hybridized carbons (Fsp3) is 0.692. The Morgan fingerprint density at radius 2 is 2.24 bits per heavy atom. The summed E-state index contributed by atoms with van der Waals surface area (Å²) in [5.74, 6) is 0.886. The lowest BCUT2D eigenvalue weighted by Crippen LogP contribution is -2.56. The first-order chi connectivity index (χ1) is 8.22. The number of hydrogen-bond donors (Lipinski definition) is 1. The topological polar surface area (TPSA) is 15.3 Å². The van der Waals surface area contributed by atoms with Crippen LogP contribution < -0.4 is 5.32 Å². The molecular formula is C13H19ClN2S. The Kier molecular flexibility index (Phi) is 3.44. The highest BCUT2D eigenvalue weighted by Gasteiger charge is 2.34. The third kappa shape index (κ3) is 2.53. The van der Waals surface area contributed by atoms with Gasteiger partial charge in [0.1, 0.15) is 0 Å². The van der Waals surface area contributed by atoms with Gasteiger partial charge in [-0.1, -0.05) is 11.6 Å². The quantitative estimate of drug-likeness (QED) is 0.908. The van der Waals surface area contributed by atoms with E-state index in [1.54, 1.807) is 11.3 Å². The number of rotatable bonds is 3. The van der Waals surface area contributed by atoms with Crippen LogP contribution in [0.5, 0.6) is 0 Å². The first-order valence-electron chi connectivity index (χ1n) is 6.44. The fourth-order valence-corrected chi connectivity index (χ4v) is 4.11. The molecule has 2 atom stereocenters. The standard InChI is InChI=1S/C13H19ClN2S/c1-9(11-6-13(14)17-8-11)15-12-7-16-4-2-10(12)3-5-16/h6,8-10,12,15H,2-5,7H2,1H3. The Labute approximate surface area is 112 Å². The molecule has 4 heteroatoms. The number of nitrogens with zero attached hydrogens (tertiary/aromatic N) is 1. The zero-order chi connectivity index (χ0) is 11.8. The van der Waals surface area contributed by atoms with Crippen LogP contribution in [0.2, 0.25) is 4.34 Å². The molecule has 1 aromatic rings. The Bertz CT molecular complexity index is 385. The number of thiophene rings is 1. The molecule has 1 N–H and O–H groups in total. The fourth-order valence-electron chi connectivity index (χ4n) is 3.12. The van der Waals surface area contributed by atoms with Crippen LogP contribution in [-0.4, -0.2) is 30.6 Å². The number of piperidine rings is 3. The first kappa shape index (κ1) is 12.0. The predicted molar refractivity (Wildman–Crippen MR) is 73.8 cm³/mol.